The number of aryl methyl sites for hydroxylation is 2. The monoisotopic (exact) mass is 716 g/mol. The van der Waals surface area contributed by atoms with Crippen LogP contribution < -0.4 is 10.2 Å². The molecule has 0 aromatic heterocycles. The summed E-state index contributed by atoms with van der Waals surface area (Å²) in [4.78, 5) is 2.49. The lowest BCUT2D eigenvalue weighted by atomic mass is 9.69. The predicted octanol–water partition coefficient (Wildman–Crippen LogP) is 14.5. The number of benzene rings is 9. The molecule has 2 heteroatoms. The Kier molecular flexibility index (Phi) is 7.15. The van der Waals surface area contributed by atoms with Gasteiger partial charge in [-0.15, -0.1) is 0 Å². The van der Waals surface area contributed by atoms with Crippen molar-refractivity contribution in [1.29, 1.82) is 0 Å². The highest BCUT2D eigenvalue weighted by molar-refractivity contribution is 6.15. The van der Waals surface area contributed by atoms with Crippen LogP contribution in [0, 0.1) is 20.8 Å². The molecule has 0 bridgehead atoms. The Labute approximate surface area is 328 Å². The van der Waals surface area contributed by atoms with Gasteiger partial charge in [-0.3, -0.25) is 0 Å². The molecule has 0 unspecified atom stereocenters. The highest BCUT2D eigenvalue weighted by Crippen LogP contribution is 2.66. The summed E-state index contributed by atoms with van der Waals surface area (Å²) in [7, 11) is 0. The first-order valence-electron chi connectivity index (χ1n) is 19.6. The van der Waals surface area contributed by atoms with Crippen molar-refractivity contribution in [2.45, 2.75) is 26.2 Å². The van der Waals surface area contributed by atoms with Crippen molar-refractivity contribution in [2.24, 2.45) is 0 Å². The maximum absolute atomic E-state index is 3.65. The second-order valence-corrected chi connectivity index (χ2v) is 15.5. The molecule has 0 saturated heterocycles. The van der Waals surface area contributed by atoms with Crippen LogP contribution in [0.1, 0.15) is 38.9 Å². The molecule has 56 heavy (non-hydrogen) atoms. The van der Waals surface area contributed by atoms with Crippen molar-refractivity contribution in [3.8, 4) is 22.3 Å². The molecule has 0 saturated carbocycles. The number of hydrogen-bond donors (Lipinski definition) is 1. The molecule has 9 aromatic rings. The number of nitrogens with zero attached hydrogens (tertiary/aromatic N) is 1. The van der Waals surface area contributed by atoms with Gasteiger partial charge in [-0.05, 0) is 153 Å². The Bertz CT molecular complexity index is 2960. The van der Waals surface area contributed by atoms with E-state index in [2.05, 4.69) is 213 Å². The van der Waals surface area contributed by atoms with Gasteiger partial charge in [0.15, 0.2) is 0 Å². The molecule has 0 amide bonds. The van der Waals surface area contributed by atoms with Crippen LogP contribution in [-0.4, -0.2) is 0 Å². The number of hydrogen-bond acceptors (Lipinski definition) is 2. The molecule has 0 heterocycles. The van der Waals surface area contributed by atoms with Crippen molar-refractivity contribution in [1.82, 2.24) is 0 Å². The van der Waals surface area contributed by atoms with E-state index in [1.54, 1.807) is 0 Å². The zero-order chi connectivity index (χ0) is 37.5. The van der Waals surface area contributed by atoms with Gasteiger partial charge >= 0.3 is 0 Å². The summed E-state index contributed by atoms with van der Waals surface area (Å²) in [6.45, 7) is 6.70. The second-order valence-electron chi connectivity index (χ2n) is 15.5. The first-order valence-corrected chi connectivity index (χ1v) is 19.6. The van der Waals surface area contributed by atoms with Crippen molar-refractivity contribution in [3.05, 3.63) is 221 Å². The minimum Gasteiger partial charge on any atom is -0.356 e. The summed E-state index contributed by atoms with van der Waals surface area (Å²) < 4.78 is 0. The fourth-order valence-electron chi connectivity index (χ4n) is 9.91. The molecule has 1 spiro atoms. The maximum atomic E-state index is 3.65. The number of rotatable bonds is 5. The number of nitrogens with one attached hydrogen (secondary N) is 1. The molecule has 11 rings (SSSR count). The molecule has 266 valence electrons. The number of fused-ring (bicyclic) bond motifs is 14. The lowest BCUT2D eigenvalue weighted by Gasteiger charge is -2.34. The fraction of sp³-hybridized carbons (Fsp3) is 0.0741. The zero-order valence-electron chi connectivity index (χ0n) is 31.8. The molecule has 2 aliphatic rings. The fourth-order valence-corrected chi connectivity index (χ4v) is 9.91. The molecule has 0 fully saturated rings. The van der Waals surface area contributed by atoms with Crippen molar-refractivity contribution in [3.63, 3.8) is 0 Å². The molecule has 2 aliphatic carbocycles. The second kappa shape index (κ2) is 12.3. The molecule has 0 atom stereocenters. The average molecular weight is 717 g/mol. The van der Waals surface area contributed by atoms with Gasteiger partial charge in [-0.2, -0.15) is 0 Å². The van der Waals surface area contributed by atoms with E-state index in [0.717, 1.165) is 17.1 Å². The van der Waals surface area contributed by atoms with E-state index in [0.29, 0.717) is 0 Å². The van der Waals surface area contributed by atoms with Crippen LogP contribution in [0.2, 0.25) is 0 Å². The van der Waals surface area contributed by atoms with Gasteiger partial charge in [-0.1, -0.05) is 127 Å². The van der Waals surface area contributed by atoms with Crippen LogP contribution in [0.4, 0.5) is 28.4 Å². The largest absolute Gasteiger partial charge is 0.356 e. The lowest BCUT2D eigenvalue weighted by Crippen LogP contribution is -2.26. The minimum atomic E-state index is -0.536. The first-order chi connectivity index (χ1) is 27.5. The van der Waals surface area contributed by atoms with Crippen molar-refractivity contribution >= 4 is 50.0 Å². The van der Waals surface area contributed by atoms with Gasteiger partial charge in [0, 0.05) is 28.1 Å². The molecule has 1 N–H and O–H groups in total. The van der Waals surface area contributed by atoms with Gasteiger partial charge in [-0.25, -0.2) is 0 Å². The Morgan fingerprint density at radius 3 is 1.73 bits per heavy atom. The van der Waals surface area contributed by atoms with Gasteiger partial charge in [0.25, 0.3) is 0 Å². The van der Waals surface area contributed by atoms with E-state index in [1.807, 2.05) is 0 Å². The van der Waals surface area contributed by atoms with Crippen LogP contribution in [0.15, 0.2) is 182 Å². The molecule has 0 aliphatic heterocycles. The lowest BCUT2D eigenvalue weighted by molar-refractivity contribution is 0.802. The zero-order valence-corrected chi connectivity index (χ0v) is 31.8. The van der Waals surface area contributed by atoms with Crippen LogP contribution in [0.3, 0.4) is 0 Å². The Balaban J connectivity index is 1.27. The van der Waals surface area contributed by atoms with Crippen molar-refractivity contribution < 1.29 is 0 Å². The first kappa shape index (κ1) is 32.5. The average Bonchev–Trinajstić information content (AvgIpc) is 3.71. The Morgan fingerprint density at radius 1 is 0.429 bits per heavy atom. The summed E-state index contributed by atoms with van der Waals surface area (Å²) in [5.41, 5.74) is 19.7. The standard InChI is InChI=1S/C54H40N2/c1-34-30-41(31-35(2)36(34)3)56(40-18-8-5-9-19-40)51-33-50-52(46-23-11-10-22-45(46)51)47-28-26-37-32-39(55-38-16-6-4-7-17-38)27-29-42(37)53(47)54(50)48-24-14-12-20-43(48)44-21-13-15-25-49(44)54/h4-33,55H,1-3H3. The third kappa shape index (κ3) is 4.56. The van der Waals surface area contributed by atoms with E-state index in [4.69, 9.17) is 0 Å². The van der Waals surface area contributed by atoms with Gasteiger partial charge in [0.2, 0.25) is 0 Å². The Morgan fingerprint density at radius 2 is 1.04 bits per heavy atom. The van der Waals surface area contributed by atoms with E-state index < -0.39 is 5.41 Å². The third-order valence-corrected chi connectivity index (χ3v) is 12.5. The summed E-state index contributed by atoms with van der Waals surface area (Å²) >= 11 is 0. The van der Waals surface area contributed by atoms with Crippen LogP contribution in [-0.2, 0) is 5.41 Å². The maximum Gasteiger partial charge on any atom is 0.0732 e. The van der Waals surface area contributed by atoms with Gasteiger partial charge < -0.3 is 10.2 Å². The highest BCUT2D eigenvalue weighted by Gasteiger charge is 2.53. The van der Waals surface area contributed by atoms with E-state index in [1.165, 1.54) is 94.1 Å². The van der Waals surface area contributed by atoms with E-state index >= 15 is 0 Å². The molecule has 0 radical (unpaired) electrons. The van der Waals surface area contributed by atoms with E-state index in [9.17, 15) is 0 Å². The normalized spacial score (nSPS) is 13.1. The number of para-hydroxylation sites is 2. The number of anilines is 5. The van der Waals surface area contributed by atoms with Crippen LogP contribution >= 0.6 is 0 Å². The summed E-state index contributed by atoms with van der Waals surface area (Å²) in [5, 5.41) is 8.65. The van der Waals surface area contributed by atoms with E-state index in [-0.39, 0.29) is 0 Å². The summed E-state index contributed by atoms with van der Waals surface area (Å²) in [6, 6.07) is 67.6. The SMILES string of the molecule is Cc1cc(N(c2ccccc2)c2cc3c(c4ccccc24)-c2ccc4cc(Nc5ccccc5)ccc4c2C32c3ccccc3-c3ccccc32)cc(C)c1C. The predicted molar refractivity (Wildman–Crippen MR) is 236 cm³/mol. The topological polar surface area (TPSA) is 15.3 Å². The van der Waals surface area contributed by atoms with Crippen LogP contribution in [0.5, 0.6) is 0 Å². The minimum absolute atomic E-state index is 0.536. The smallest absolute Gasteiger partial charge is 0.0732 e. The summed E-state index contributed by atoms with van der Waals surface area (Å²) in [6.07, 6.45) is 0. The highest BCUT2D eigenvalue weighted by atomic mass is 15.1. The quantitative estimate of drug-likeness (QED) is 0.191. The van der Waals surface area contributed by atoms with Crippen LogP contribution in [0.25, 0.3) is 43.8 Å². The summed E-state index contributed by atoms with van der Waals surface area (Å²) in [5.74, 6) is 0. The molecule has 9 aromatic carbocycles. The molecular formula is C54H40N2. The third-order valence-electron chi connectivity index (χ3n) is 12.5. The van der Waals surface area contributed by atoms with Gasteiger partial charge in [0.1, 0.15) is 0 Å². The Hall–Kier alpha value is -6.90. The van der Waals surface area contributed by atoms with Crippen molar-refractivity contribution in [2.75, 3.05) is 10.2 Å². The molecule has 2 nitrogen and oxygen atoms in total. The van der Waals surface area contributed by atoms with Gasteiger partial charge in [0.05, 0.1) is 11.1 Å². The molecular weight excluding hydrogens is 677 g/mol.